The third kappa shape index (κ3) is 3.22. The monoisotopic (exact) mass is 335 g/mol. The van der Waals surface area contributed by atoms with Gasteiger partial charge >= 0.3 is 0 Å². The Morgan fingerprint density at radius 3 is 2.44 bits per heavy atom. The van der Waals surface area contributed by atoms with Crippen molar-refractivity contribution < 1.29 is 9.59 Å². The Labute approximate surface area is 147 Å². The van der Waals surface area contributed by atoms with Gasteiger partial charge < -0.3 is 15.1 Å². The molecule has 1 N–H and O–H groups in total. The molecule has 2 heterocycles. The highest BCUT2D eigenvalue weighted by Crippen LogP contribution is 2.24. The normalized spacial score (nSPS) is 17.0. The van der Waals surface area contributed by atoms with Gasteiger partial charge in [0, 0.05) is 49.5 Å². The van der Waals surface area contributed by atoms with E-state index in [1.807, 2.05) is 41.3 Å². The third-order valence-electron chi connectivity index (χ3n) is 4.94. The maximum Gasteiger partial charge on any atom is 0.253 e. The summed E-state index contributed by atoms with van der Waals surface area (Å²) in [5.41, 5.74) is 3.80. The first-order chi connectivity index (χ1) is 12.2. The Bertz CT molecular complexity index is 796. The molecule has 5 nitrogen and oxygen atoms in total. The van der Waals surface area contributed by atoms with Crippen LogP contribution in [0.2, 0.25) is 0 Å². The van der Waals surface area contributed by atoms with Gasteiger partial charge in [-0.15, -0.1) is 0 Å². The topological polar surface area (TPSA) is 52.7 Å². The molecule has 0 saturated carbocycles. The van der Waals surface area contributed by atoms with Crippen LogP contribution in [0.15, 0.2) is 48.5 Å². The first-order valence-electron chi connectivity index (χ1n) is 8.73. The van der Waals surface area contributed by atoms with Gasteiger partial charge in [-0.1, -0.05) is 18.2 Å². The fourth-order valence-corrected chi connectivity index (χ4v) is 3.51. The summed E-state index contributed by atoms with van der Waals surface area (Å²) >= 11 is 0. The number of carbonyl (C=O) groups excluding carboxylic acids is 2. The van der Waals surface area contributed by atoms with E-state index in [0.29, 0.717) is 18.4 Å². The van der Waals surface area contributed by atoms with Gasteiger partial charge in [0.1, 0.15) is 0 Å². The number of nitrogens with zero attached hydrogens (tertiary/aromatic N) is 2. The number of nitrogens with one attached hydrogen (secondary N) is 1. The number of carbonyl (C=O) groups is 2. The van der Waals surface area contributed by atoms with Crippen molar-refractivity contribution in [1.29, 1.82) is 0 Å². The average molecular weight is 335 g/mol. The first-order valence-corrected chi connectivity index (χ1v) is 8.73. The summed E-state index contributed by atoms with van der Waals surface area (Å²) < 4.78 is 0. The lowest BCUT2D eigenvalue weighted by molar-refractivity contribution is -0.116. The van der Waals surface area contributed by atoms with Crippen molar-refractivity contribution in [3.05, 3.63) is 59.7 Å². The van der Waals surface area contributed by atoms with Crippen molar-refractivity contribution in [2.45, 2.75) is 12.8 Å². The molecule has 1 saturated heterocycles. The van der Waals surface area contributed by atoms with Crippen LogP contribution >= 0.6 is 0 Å². The molecule has 1 fully saturated rings. The predicted octanol–water partition coefficient (Wildman–Crippen LogP) is 2.53. The van der Waals surface area contributed by atoms with E-state index in [-0.39, 0.29) is 11.8 Å². The van der Waals surface area contributed by atoms with Gasteiger partial charge in [0.2, 0.25) is 5.91 Å². The van der Waals surface area contributed by atoms with Crippen molar-refractivity contribution >= 4 is 23.2 Å². The Morgan fingerprint density at radius 2 is 1.68 bits per heavy atom. The van der Waals surface area contributed by atoms with Gasteiger partial charge in [-0.3, -0.25) is 9.59 Å². The molecule has 0 aromatic heterocycles. The maximum atomic E-state index is 12.8. The molecule has 0 spiro atoms. The van der Waals surface area contributed by atoms with Crippen LogP contribution in [0.5, 0.6) is 0 Å². The lowest BCUT2D eigenvalue weighted by Crippen LogP contribution is -2.48. The van der Waals surface area contributed by atoms with E-state index < -0.39 is 0 Å². The third-order valence-corrected chi connectivity index (χ3v) is 4.94. The SMILES string of the molecule is O=C1CCc2cc(C(=O)N3CCN(c4ccccc4)CC3)ccc2N1. The minimum atomic E-state index is 0.0450. The highest BCUT2D eigenvalue weighted by Gasteiger charge is 2.23. The Hall–Kier alpha value is -2.82. The first kappa shape index (κ1) is 15.7. The minimum absolute atomic E-state index is 0.0450. The number of aryl methyl sites for hydroxylation is 1. The molecule has 2 aromatic rings. The van der Waals surface area contributed by atoms with Crippen LogP contribution in [0.4, 0.5) is 11.4 Å². The number of hydrogen-bond acceptors (Lipinski definition) is 3. The van der Waals surface area contributed by atoms with Gasteiger partial charge in [0.25, 0.3) is 5.91 Å². The molecule has 0 unspecified atom stereocenters. The summed E-state index contributed by atoms with van der Waals surface area (Å²) in [6, 6.07) is 15.9. The zero-order valence-electron chi connectivity index (χ0n) is 14.1. The second kappa shape index (κ2) is 6.59. The van der Waals surface area contributed by atoms with Crippen LogP contribution in [0.25, 0.3) is 0 Å². The second-order valence-electron chi connectivity index (χ2n) is 6.53. The molecule has 0 radical (unpaired) electrons. The summed E-state index contributed by atoms with van der Waals surface area (Å²) in [5, 5.41) is 2.86. The van der Waals surface area contributed by atoms with Crippen LogP contribution < -0.4 is 10.2 Å². The van der Waals surface area contributed by atoms with Crippen molar-refractivity contribution in [1.82, 2.24) is 4.90 Å². The van der Waals surface area contributed by atoms with E-state index in [9.17, 15) is 9.59 Å². The van der Waals surface area contributed by atoms with E-state index in [2.05, 4.69) is 22.3 Å². The lowest BCUT2D eigenvalue weighted by atomic mass is 10.00. The van der Waals surface area contributed by atoms with Gasteiger partial charge in [0.15, 0.2) is 0 Å². The number of hydrogen-bond donors (Lipinski definition) is 1. The Morgan fingerprint density at radius 1 is 0.920 bits per heavy atom. The Balaban J connectivity index is 1.43. The molecule has 0 atom stereocenters. The van der Waals surface area contributed by atoms with Crippen LogP contribution in [-0.2, 0) is 11.2 Å². The van der Waals surface area contributed by atoms with E-state index >= 15 is 0 Å². The number of rotatable bonds is 2. The van der Waals surface area contributed by atoms with Crippen molar-refractivity contribution in [3.63, 3.8) is 0 Å². The average Bonchev–Trinajstić information content (AvgIpc) is 2.68. The summed E-state index contributed by atoms with van der Waals surface area (Å²) in [6.45, 7) is 3.14. The van der Waals surface area contributed by atoms with Crippen LogP contribution in [0.3, 0.4) is 0 Å². The smallest absolute Gasteiger partial charge is 0.253 e. The van der Waals surface area contributed by atoms with E-state index in [4.69, 9.17) is 0 Å². The maximum absolute atomic E-state index is 12.8. The number of amides is 2. The summed E-state index contributed by atoms with van der Waals surface area (Å²) in [7, 11) is 0. The van der Waals surface area contributed by atoms with Gasteiger partial charge in [-0.05, 0) is 42.3 Å². The number of piperazine rings is 1. The standard InChI is InChI=1S/C20H21N3O2/c24-19-9-7-15-14-16(6-8-18(15)21-19)20(25)23-12-10-22(11-13-23)17-4-2-1-3-5-17/h1-6,8,14H,7,9-13H2,(H,21,24). The molecule has 2 aliphatic rings. The summed E-state index contributed by atoms with van der Waals surface area (Å²) in [4.78, 5) is 28.5. The van der Waals surface area contributed by atoms with Crippen LogP contribution in [0.1, 0.15) is 22.3 Å². The molecule has 4 rings (SSSR count). The molecule has 0 bridgehead atoms. The fourth-order valence-electron chi connectivity index (χ4n) is 3.51. The van der Waals surface area contributed by atoms with Gasteiger partial charge in [-0.2, -0.15) is 0 Å². The molecule has 2 amide bonds. The molecular formula is C20H21N3O2. The van der Waals surface area contributed by atoms with E-state index in [1.165, 1.54) is 5.69 Å². The number of para-hydroxylation sites is 1. The van der Waals surface area contributed by atoms with Crippen molar-refractivity contribution in [2.24, 2.45) is 0 Å². The highest BCUT2D eigenvalue weighted by atomic mass is 16.2. The largest absolute Gasteiger partial charge is 0.368 e. The fraction of sp³-hybridized carbons (Fsp3) is 0.300. The summed E-state index contributed by atoms with van der Waals surface area (Å²) in [5.74, 6) is 0.121. The molecular weight excluding hydrogens is 314 g/mol. The number of benzene rings is 2. The minimum Gasteiger partial charge on any atom is -0.368 e. The quantitative estimate of drug-likeness (QED) is 0.918. The van der Waals surface area contributed by atoms with E-state index in [1.54, 1.807) is 0 Å². The molecule has 2 aromatic carbocycles. The van der Waals surface area contributed by atoms with Gasteiger partial charge in [0.05, 0.1) is 0 Å². The summed E-state index contributed by atoms with van der Waals surface area (Å²) in [6.07, 6.45) is 1.18. The van der Waals surface area contributed by atoms with Crippen molar-refractivity contribution in [3.8, 4) is 0 Å². The zero-order chi connectivity index (χ0) is 17.2. The highest BCUT2D eigenvalue weighted by molar-refractivity contribution is 5.98. The Kier molecular flexibility index (Phi) is 4.14. The van der Waals surface area contributed by atoms with Crippen molar-refractivity contribution in [2.75, 3.05) is 36.4 Å². The molecule has 128 valence electrons. The molecule has 2 aliphatic heterocycles. The van der Waals surface area contributed by atoms with Crippen LogP contribution in [-0.4, -0.2) is 42.9 Å². The van der Waals surface area contributed by atoms with Gasteiger partial charge in [-0.25, -0.2) is 0 Å². The van der Waals surface area contributed by atoms with E-state index in [0.717, 1.165) is 37.4 Å². The van der Waals surface area contributed by atoms with Crippen LogP contribution in [0, 0.1) is 0 Å². The number of anilines is 2. The molecule has 0 aliphatic carbocycles. The second-order valence-corrected chi connectivity index (χ2v) is 6.53. The predicted molar refractivity (Wildman–Crippen MR) is 98.0 cm³/mol. The molecule has 25 heavy (non-hydrogen) atoms. The number of fused-ring (bicyclic) bond motifs is 1. The zero-order valence-corrected chi connectivity index (χ0v) is 14.1. The molecule has 5 heteroatoms. The lowest BCUT2D eigenvalue weighted by Gasteiger charge is -2.36.